The zero-order valence-corrected chi connectivity index (χ0v) is 7.36. The number of thioether (sulfide) groups is 1. The van der Waals surface area contributed by atoms with Crippen molar-refractivity contribution in [3.05, 3.63) is 0 Å². The molecule has 0 spiro atoms. The van der Waals surface area contributed by atoms with Crippen molar-refractivity contribution in [1.82, 2.24) is 0 Å². The lowest BCUT2D eigenvalue weighted by Gasteiger charge is -2.21. The third kappa shape index (κ3) is 2.10. The maximum absolute atomic E-state index is 10.7. The van der Waals surface area contributed by atoms with Gasteiger partial charge >= 0.3 is 5.97 Å². The molecule has 0 bridgehead atoms. The Morgan fingerprint density at radius 2 is 2.36 bits per heavy atom. The molecule has 64 valence electrons. The summed E-state index contributed by atoms with van der Waals surface area (Å²) in [7, 11) is 0. The van der Waals surface area contributed by atoms with Crippen LogP contribution in [0.25, 0.3) is 0 Å². The molecule has 3 N–H and O–H groups in total. The Kier molecular flexibility index (Phi) is 2.44. The first-order valence-electron chi connectivity index (χ1n) is 3.66. The number of nitrogens with two attached hydrogens (primary N) is 1. The average Bonchev–Trinajstić information content (AvgIpc) is 2.71. The normalized spacial score (nSPS) is 22.7. The van der Waals surface area contributed by atoms with Crippen LogP contribution in [0.2, 0.25) is 0 Å². The maximum Gasteiger partial charge on any atom is 0.334 e. The van der Waals surface area contributed by atoms with Gasteiger partial charge in [-0.2, -0.15) is 0 Å². The highest BCUT2D eigenvalue weighted by atomic mass is 32.2. The Hall–Kier alpha value is -0.220. The lowest BCUT2D eigenvalue weighted by atomic mass is 10.1. The molecule has 0 aliphatic heterocycles. The Morgan fingerprint density at radius 3 is 2.64 bits per heavy atom. The van der Waals surface area contributed by atoms with Crippen LogP contribution in [0.3, 0.4) is 0 Å². The second-order valence-electron chi connectivity index (χ2n) is 3.05. The summed E-state index contributed by atoms with van der Waals surface area (Å²) in [4.78, 5) is 9.63. The molecule has 1 aliphatic rings. The second-order valence-corrected chi connectivity index (χ2v) is 4.18. The summed E-state index contributed by atoms with van der Waals surface area (Å²) in [5, 5.41) is 8.76. The van der Waals surface area contributed by atoms with Crippen molar-refractivity contribution in [2.75, 3.05) is 6.26 Å². The molecule has 0 aromatic heterocycles. The van der Waals surface area contributed by atoms with E-state index in [4.69, 9.17) is 10.8 Å². The third-order valence-corrected chi connectivity index (χ3v) is 3.08. The predicted octanol–water partition coefficient (Wildman–Crippen LogP) is 0.889. The summed E-state index contributed by atoms with van der Waals surface area (Å²) in [5.74, 6) is -0.333. The number of carboxylic acids is 1. The molecular formula is C7H13NO2S. The molecule has 1 atom stereocenters. The highest BCUT2D eigenvalue weighted by Crippen LogP contribution is 2.39. The van der Waals surface area contributed by atoms with Gasteiger partial charge in [0.15, 0.2) is 4.87 Å². The zero-order chi connectivity index (χ0) is 8.48. The van der Waals surface area contributed by atoms with Gasteiger partial charge in [0.25, 0.3) is 0 Å². The minimum atomic E-state index is -1.04. The van der Waals surface area contributed by atoms with Crippen LogP contribution in [-0.4, -0.2) is 22.2 Å². The van der Waals surface area contributed by atoms with Crippen LogP contribution in [0.15, 0.2) is 0 Å². The first kappa shape index (κ1) is 8.87. The van der Waals surface area contributed by atoms with Gasteiger partial charge in [0, 0.05) is 0 Å². The van der Waals surface area contributed by atoms with Crippen LogP contribution in [-0.2, 0) is 4.79 Å². The van der Waals surface area contributed by atoms with Gasteiger partial charge in [-0.3, -0.25) is 0 Å². The van der Waals surface area contributed by atoms with Crippen molar-refractivity contribution in [3.8, 4) is 0 Å². The summed E-state index contributed by atoms with van der Waals surface area (Å²) in [6.45, 7) is 0. The monoisotopic (exact) mass is 175 g/mol. The average molecular weight is 175 g/mol. The smallest absolute Gasteiger partial charge is 0.334 e. The highest BCUT2D eigenvalue weighted by Gasteiger charge is 2.39. The minimum Gasteiger partial charge on any atom is -0.479 e. The predicted molar refractivity (Wildman–Crippen MR) is 45.4 cm³/mol. The van der Waals surface area contributed by atoms with Gasteiger partial charge in [0.05, 0.1) is 0 Å². The molecule has 1 fully saturated rings. The van der Waals surface area contributed by atoms with E-state index in [1.807, 2.05) is 0 Å². The van der Waals surface area contributed by atoms with Gasteiger partial charge in [0.1, 0.15) is 0 Å². The van der Waals surface area contributed by atoms with Gasteiger partial charge in [-0.05, 0) is 18.6 Å². The Labute approximate surface area is 70.3 Å². The van der Waals surface area contributed by atoms with E-state index in [-0.39, 0.29) is 0 Å². The molecular weight excluding hydrogens is 162 g/mol. The molecule has 0 aromatic rings. The van der Waals surface area contributed by atoms with Crippen LogP contribution < -0.4 is 5.73 Å². The molecule has 1 rings (SSSR count). The third-order valence-electron chi connectivity index (χ3n) is 2.02. The molecule has 3 nitrogen and oxygen atoms in total. The first-order valence-corrected chi connectivity index (χ1v) is 4.88. The van der Waals surface area contributed by atoms with Crippen LogP contribution >= 0.6 is 11.8 Å². The van der Waals surface area contributed by atoms with Crippen molar-refractivity contribution in [2.24, 2.45) is 11.7 Å². The van der Waals surface area contributed by atoms with Crippen LogP contribution in [0, 0.1) is 5.92 Å². The quantitative estimate of drug-likeness (QED) is 0.623. The summed E-state index contributed by atoms with van der Waals surface area (Å²) in [6, 6.07) is 0. The van der Waals surface area contributed by atoms with E-state index in [1.165, 1.54) is 11.8 Å². The molecule has 1 aliphatic carbocycles. The van der Waals surface area contributed by atoms with Gasteiger partial charge in [-0.15, -0.1) is 11.8 Å². The Morgan fingerprint density at radius 1 is 1.82 bits per heavy atom. The summed E-state index contributed by atoms with van der Waals surface area (Å²) in [5.41, 5.74) is 5.64. The van der Waals surface area contributed by atoms with Crippen molar-refractivity contribution in [3.63, 3.8) is 0 Å². The molecule has 0 radical (unpaired) electrons. The number of rotatable bonds is 4. The van der Waals surface area contributed by atoms with E-state index in [0.717, 1.165) is 12.8 Å². The fourth-order valence-electron chi connectivity index (χ4n) is 1.01. The fraction of sp³-hybridized carbons (Fsp3) is 0.857. The van der Waals surface area contributed by atoms with E-state index in [1.54, 1.807) is 6.26 Å². The Balaban J connectivity index is 2.49. The van der Waals surface area contributed by atoms with E-state index in [9.17, 15) is 4.79 Å². The Bertz CT molecular complexity index is 170. The number of hydrogen-bond donors (Lipinski definition) is 2. The lowest BCUT2D eigenvalue weighted by molar-refractivity contribution is -0.140. The summed E-state index contributed by atoms with van der Waals surface area (Å²) >= 11 is 1.23. The molecule has 0 unspecified atom stereocenters. The number of hydrogen-bond acceptors (Lipinski definition) is 3. The van der Waals surface area contributed by atoms with Crippen molar-refractivity contribution < 1.29 is 9.90 Å². The van der Waals surface area contributed by atoms with Crippen molar-refractivity contribution in [2.45, 2.75) is 24.1 Å². The zero-order valence-electron chi connectivity index (χ0n) is 6.54. The molecule has 0 heterocycles. The van der Waals surface area contributed by atoms with Crippen molar-refractivity contribution >= 4 is 17.7 Å². The van der Waals surface area contributed by atoms with E-state index < -0.39 is 10.8 Å². The van der Waals surface area contributed by atoms with Crippen LogP contribution in [0.4, 0.5) is 0 Å². The molecule has 11 heavy (non-hydrogen) atoms. The number of carboxylic acid groups (broad SMARTS) is 1. The van der Waals surface area contributed by atoms with E-state index in [2.05, 4.69) is 0 Å². The molecule has 4 heteroatoms. The fourth-order valence-corrected chi connectivity index (χ4v) is 1.59. The van der Waals surface area contributed by atoms with Gasteiger partial charge in [-0.25, -0.2) is 4.79 Å². The van der Waals surface area contributed by atoms with E-state index >= 15 is 0 Å². The van der Waals surface area contributed by atoms with Gasteiger partial charge in [-0.1, -0.05) is 12.8 Å². The first-order chi connectivity index (χ1) is 5.08. The summed E-state index contributed by atoms with van der Waals surface area (Å²) in [6.07, 6.45) is 4.65. The van der Waals surface area contributed by atoms with Crippen molar-refractivity contribution in [1.29, 1.82) is 0 Å². The van der Waals surface area contributed by atoms with Gasteiger partial charge < -0.3 is 10.8 Å². The molecule has 0 aromatic carbocycles. The summed E-state index contributed by atoms with van der Waals surface area (Å²) < 4.78 is 0. The second kappa shape index (κ2) is 3.03. The lowest BCUT2D eigenvalue weighted by Crippen LogP contribution is -2.44. The largest absolute Gasteiger partial charge is 0.479 e. The maximum atomic E-state index is 10.7. The topological polar surface area (TPSA) is 63.3 Å². The standard InChI is InChI=1S/C7H13NO2S/c1-11-7(8,6(9)10)4-5-2-3-5/h5H,2-4,8H2,1H3,(H,9,10)/t7-/m1/s1. The van der Waals surface area contributed by atoms with Gasteiger partial charge in [0.2, 0.25) is 0 Å². The highest BCUT2D eigenvalue weighted by molar-refractivity contribution is 8.00. The number of aliphatic carboxylic acids is 1. The molecule has 0 amide bonds. The van der Waals surface area contributed by atoms with E-state index in [0.29, 0.717) is 12.3 Å². The minimum absolute atomic E-state index is 0.559. The van der Waals surface area contributed by atoms with Crippen LogP contribution in [0.5, 0.6) is 0 Å². The molecule has 1 saturated carbocycles. The SMILES string of the molecule is CS[C@](N)(CC1CC1)C(=O)O. The van der Waals surface area contributed by atoms with Crippen LogP contribution in [0.1, 0.15) is 19.3 Å². The molecule has 0 saturated heterocycles. The number of carbonyl (C=O) groups is 1.